The monoisotopic (exact) mass is 382 g/mol. The topological polar surface area (TPSA) is 81.7 Å². The zero-order valence-electron chi connectivity index (χ0n) is 13.8. The summed E-state index contributed by atoms with van der Waals surface area (Å²) in [6.45, 7) is 3.66. The number of benzene rings is 1. The Morgan fingerprint density at radius 2 is 1.88 bits per heavy atom. The largest absolute Gasteiger partial charge is 0.417 e. The van der Waals surface area contributed by atoms with Crippen molar-refractivity contribution in [2.75, 3.05) is 11.1 Å². The fourth-order valence-electron chi connectivity index (χ4n) is 2.45. The molecule has 1 aromatic carbocycles. The van der Waals surface area contributed by atoms with Gasteiger partial charge in [-0.05, 0) is 38.1 Å². The van der Waals surface area contributed by atoms with Crippen LogP contribution in [0, 0.1) is 13.8 Å². The van der Waals surface area contributed by atoms with Crippen LogP contribution in [-0.2, 0) is 6.18 Å². The van der Waals surface area contributed by atoms with Crippen LogP contribution in [0.3, 0.4) is 0 Å². The molecule has 0 atom stereocenters. The quantitative estimate of drug-likeness (QED) is 0.706. The summed E-state index contributed by atoms with van der Waals surface area (Å²) < 4.78 is 40.6. The lowest BCUT2D eigenvalue weighted by Crippen LogP contribution is -2.10. The van der Waals surface area contributed by atoms with E-state index in [1.165, 1.54) is 12.4 Å². The number of nitrogens with one attached hydrogen (secondary N) is 1. The number of rotatable bonds is 3. The molecule has 0 spiro atoms. The third-order valence-electron chi connectivity index (χ3n) is 3.61. The normalized spacial score (nSPS) is 11.6. The first kappa shape index (κ1) is 18.0. The van der Waals surface area contributed by atoms with E-state index in [2.05, 4.69) is 20.4 Å². The minimum atomic E-state index is -4.57. The molecule has 0 saturated heterocycles. The molecule has 0 amide bonds. The summed E-state index contributed by atoms with van der Waals surface area (Å²) in [6.07, 6.45) is -3.31. The highest BCUT2D eigenvalue weighted by Crippen LogP contribution is 2.37. The molecule has 0 aliphatic heterocycles. The molecule has 2 aromatic heterocycles. The van der Waals surface area contributed by atoms with Crippen LogP contribution in [0.25, 0.3) is 5.82 Å². The van der Waals surface area contributed by atoms with Gasteiger partial charge in [-0.15, -0.1) is 0 Å². The maximum absolute atomic E-state index is 13.0. The molecule has 0 unspecified atom stereocenters. The predicted molar refractivity (Wildman–Crippen MR) is 92.8 cm³/mol. The molecule has 3 aromatic rings. The molecule has 0 aliphatic rings. The van der Waals surface area contributed by atoms with Crippen molar-refractivity contribution in [3.63, 3.8) is 0 Å². The zero-order valence-corrected chi connectivity index (χ0v) is 14.5. The van der Waals surface area contributed by atoms with Crippen molar-refractivity contribution >= 4 is 28.8 Å². The van der Waals surface area contributed by atoms with Gasteiger partial charge in [-0.3, -0.25) is 0 Å². The Balaban J connectivity index is 2.00. The van der Waals surface area contributed by atoms with E-state index in [1.54, 1.807) is 4.68 Å². The summed E-state index contributed by atoms with van der Waals surface area (Å²) in [5.41, 5.74) is 7.04. The third-order valence-corrected chi connectivity index (χ3v) is 3.94. The number of anilines is 3. The lowest BCUT2D eigenvalue weighted by atomic mass is 10.2. The van der Waals surface area contributed by atoms with E-state index in [9.17, 15) is 13.2 Å². The van der Waals surface area contributed by atoms with Crippen LogP contribution in [0.1, 0.15) is 17.0 Å². The summed E-state index contributed by atoms with van der Waals surface area (Å²) in [6, 6.07) is 5.31. The second kappa shape index (κ2) is 6.49. The van der Waals surface area contributed by atoms with Gasteiger partial charge in [0.2, 0.25) is 0 Å². The van der Waals surface area contributed by atoms with Gasteiger partial charge in [-0.2, -0.15) is 18.3 Å². The molecule has 0 saturated carbocycles. The standard InChI is InChI=1S/C16H14ClF3N6/c1-8-5-9(2)26(25-8)15-13(21)14(22-7-23-15)24-10-3-4-12(17)11(6-10)16(18,19)20/h3-7H,21H2,1-2H3,(H,22,23,24). The summed E-state index contributed by atoms with van der Waals surface area (Å²) in [7, 11) is 0. The molecule has 0 bridgehead atoms. The Labute approximate surface area is 151 Å². The Hall–Kier alpha value is -2.81. The second-order valence-corrected chi connectivity index (χ2v) is 6.02. The summed E-state index contributed by atoms with van der Waals surface area (Å²) in [4.78, 5) is 8.13. The minimum Gasteiger partial charge on any atom is -0.393 e. The van der Waals surface area contributed by atoms with E-state index in [0.29, 0.717) is 5.82 Å². The molecular formula is C16H14ClF3N6. The second-order valence-electron chi connectivity index (χ2n) is 5.62. The first-order chi connectivity index (χ1) is 12.2. The molecule has 26 heavy (non-hydrogen) atoms. The number of aryl methyl sites for hydroxylation is 2. The maximum Gasteiger partial charge on any atom is 0.417 e. The van der Waals surface area contributed by atoms with Gasteiger partial charge in [0.15, 0.2) is 11.6 Å². The molecule has 2 heterocycles. The first-order valence-corrected chi connectivity index (χ1v) is 7.82. The number of hydrogen-bond acceptors (Lipinski definition) is 5. The SMILES string of the molecule is Cc1cc(C)n(-c2ncnc(Nc3ccc(Cl)c(C(F)(F)F)c3)c2N)n1. The van der Waals surface area contributed by atoms with Gasteiger partial charge in [0.1, 0.15) is 12.0 Å². The van der Waals surface area contributed by atoms with E-state index in [0.717, 1.165) is 23.5 Å². The molecule has 0 radical (unpaired) electrons. The lowest BCUT2D eigenvalue weighted by molar-refractivity contribution is -0.137. The highest BCUT2D eigenvalue weighted by molar-refractivity contribution is 6.31. The Kier molecular flexibility index (Phi) is 4.49. The zero-order chi connectivity index (χ0) is 19.1. The van der Waals surface area contributed by atoms with Crippen molar-refractivity contribution < 1.29 is 13.2 Å². The number of aromatic nitrogens is 4. The van der Waals surface area contributed by atoms with Crippen LogP contribution in [0.4, 0.5) is 30.4 Å². The van der Waals surface area contributed by atoms with Crippen LogP contribution >= 0.6 is 11.6 Å². The summed E-state index contributed by atoms with van der Waals surface area (Å²) in [5, 5.41) is 6.69. The molecule has 6 nitrogen and oxygen atoms in total. The fraction of sp³-hybridized carbons (Fsp3) is 0.188. The molecule has 10 heteroatoms. The smallest absolute Gasteiger partial charge is 0.393 e. The van der Waals surface area contributed by atoms with Gasteiger partial charge in [0, 0.05) is 11.4 Å². The minimum absolute atomic E-state index is 0.145. The van der Waals surface area contributed by atoms with E-state index in [1.807, 2.05) is 19.9 Å². The van der Waals surface area contributed by atoms with Crippen LogP contribution in [0.15, 0.2) is 30.6 Å². The number of hydrogen-bond donors (Lipinski definition) is 2. The van der Waals surface area contributed by atoms with Crippen molar-refractivity contribution in [2.24, 2.45) is 0 Å². The Morgan fingerprint density at radius 3 is 2.50 bits per heavy atom. The maximum atomic E-state index is 13.0. The van der Waals surface area contributed by atoms with Crippen molar-refractivity contribution in [1.82, 2.24) is 19.7 Å². The van der Waals surface area contributed by atoms with Crippen LogP contribution in [-0.4, -0.2) is 19.7 Å². The van der Waals surface area contributed by atoms with E-state index >= 15 is 0 Å². The highest BCUT2D eigenvalue weighted by Gasteiger charge is 2.33. The predicted octanol–water partition coefficient (Wildman–Crippen LogP) is 4.28. The number of nitrogens with zero attached hydrogens (tertiary/aromatic N) is 4. The fourth-order valence-corrected chi connectivity index (χ4v) is 2.68. The highest BCUT2D eigenvalue weighted by atomic mass is 35.5. The molecule has 0 fully saturated rings. The van der Waals surface area contributed by atoms with E-state index in [4.69, 9.17) is 17.3 Å². The van der Waals surface area contributed by atoms with Crippen LogP contribution in [0.5, 0.6) is 0 Å². The van der Waals surface area contributed by atoms with Gasteiger partial charge < -0.3 is 11.1 Å². The number of nitrogens with two attached hydrogens (primary N) is 1. The average Bonchev–Trinajstić information content (AvgIpc) is 2.88. The third kappa shape index (κ3) is 3.43. The van der Waals surface area contributed by atoms with Gasteiger partial charge in [-0.1, -0.05) is 11.6 Å². The molecule has 3 rings (SSSR count). The van der Waals surface area contributed by atoms with Crippen molar-refractivity contribution in [3.05, 3.63) is 52.6 Å². The van der Waals surface area contributed by atoms with Gasteiger partial charge in [0.05, 0.1) is 16.3 Å². The summed E-state index contributed by atoms with van der Waals surface area (Å²) >= 11 is 5.63. The number of nitrogen functional groups attached to an aromatic ring is 1. The number of halogens is 4. The lowest BCUT2D eigenvalue weighted by Gasteiger charge is -2.14. The van der Waals surface area contributed by atoms with Gasteiger partial charge in [-0.25, -0.2) is 14.6 Å². The van der Waals surface area contributed by atoms with Crippen molar-refractivity contribution in [2.45, 2.75) is 20.0 Å². The summed E-state index contributed by atoms with van der Waals surface area (Å²) in [5.74, 6) is 0.496. The van der Waals surface area contributed by atoms with E-state index in [-0.39, 0.29) is 22.2 Å². The molecule has 3 N–H and O–H groups in total. The Morgan fingerprint density at radius 1 is 1.15 bits per heavy atom. The first-order valence-electron chi connectivity index (χ1n) is 7.44. The van der Waals surface area contributed by atoms with Crippen molar-refractivity contribution in [3.8, 4) is 5.82 Å². The van der Waals surface area contributed by atoms with Crippen LogP contribution < -0.4 is 11.1 Å². The van der Waals surface area contributed by atoms with Crippen LogP contribution in [0.2, 0.25) is 5.02 Å². The van der Waals surface area contributed by atoms with Gasteiger partial charge >= 0.3 is 6.18 Å². The van der Waals surface area contributed by atoms with Gasteiger partial charge in [0.25, 0.3) is 0 Å². The van der Waals surface area contributed by atoms with E-state index < -0.39 is 11.7 Å². The number of alkyl halides is 3. The molecule has 136 valence electrons. The Bertz CT molecular complexity index is 967. The molecular weight excluding hydrogens is 369 g/mol. The average molecular weight is 383 g/mol. The molecule has 0 aliphatic carbocycles. The van der Waals surface area contributed by atoms with Crippen molar-refractivity contribution in [1.29, 1.82) is 0 Å².